The summed E-state index contributed by atoms with van der Waals surface area (Å²) in [6, 6.07) is 1.99. The quantitative estimate of drug-likeness (QED) is 0.606. The fourth-order valence-corrected chi connectivity index (χ4v) is 1.16. The number of hydrogen-bond acceptors (Lipinski definition) is 2. The van der Waals surface area contributed by atoms with E-state index in [4.69, 9.17) is 0 Å². The van der Waals surface area contributed by atoms with Gasteiger partial charge in [-0.1, -0.05) is 15.9 Å². The van der Waals surface area contributed by atoms with Gasteiger partial charge in [0.05, 0.1) is 5.33 Å². The molecular formula is C8H6Br2F3NO. The fourth-order valence-electron chi connectivity index (χ4n) is 0.836. The van der Waals surface area contributed by atoms with Crippen LogP contribution in [0, 0.1) is 0 Å². The molecule has 0 unspecified atom stereocenters. The molecule has 0 radical (unpaired) electrons. The maximum Gasteiger partial charge on any atom is 0.433 e. The number of aromatic nitrogens is 1. The Kier molecular flexibility index (Phi) is 5.44. The van der Waals surface area contributed by atoms with Crippen molar-refractivity contribution in [2.45, 2.75) is 6.18 Å². The van der Waals surface area contributed by atoms with Crippen LogP contribution >= 0.6 is 32.9 Å². The molecule has 0 saturated carbocycles. The van der Waals surface area contributed by atoms with E-state index in [9.17, 15) is 18.0 Å². The molecule has 2 nitrogen and oxygen atoms in total. The number of rotatable bonds is 2. The van der Waals surface area contributed by atoms with Crippen molar-refractivity contribution in [2.75, 3.05) is 5.33 Å². The van der Waals surface area contributed by atoms with E-state index in [1.807, 2.05) is 0 Å². The number of Topliss-reactive ketones (excluding diaryl/α,β-unsaturated/α-hetero) is 1. The minimum absolute atomic E-state index is 0. The van der Waals surface area contributed by atoms with Gasteiger partial charge in [-0.05, 0) is 12.1 Å². The molecule has 84 valence electrons. The van der Waals surface area contributed by atoms with Crippen LogP contribution in [0.4, 0.5) is 13.2 Å². The third kappa shape index (κ3) is 3.90. The summed E-state index contributed by atoms with van der Waals surface area (Å²) in [6.07, 6.45) is -3.54. The largest absolute Gasteiger partial charge is 0.433 e. The first kappa shape index (κ1) is 14.6. The first-order chi connectivity index (χ1) is 6.45. The minimum Gasteiger partial charge on any atom is -0.293 e. The average Bonchev–Trinajstić information content (AvgIpc) is 2.15. The summed E-state index contributed by atoms with van der Waals surface area (Å²) in [6.45, 7) is 0. The van der Waals surface area contributed by atoms with Gasteiger partial charge >= 0.3 is 6.18 Å². The maximum absolute atomic E-state index is 12.1. The highest BCUT2D eigenvalue weighted by Gasteiger charge is 2.32. The molecule has 0 amide bonds. The van der Waals surface area contributed by atoms with Gasteiger partial charge in [0.15, 0.2) is 5.78 Å². The lowest BCUT2D eigenvalue weighted by atomic mass is 10.1. The monoisotopic (exact) mass is 347 g/mol. The van der Waals surface area contributed by atoms with E-state index >= 15 is 0 Å². The van der Waals surface area contributed by atoms with Crippen LogP contribution in [-0.2, 0) is 6.18 Å². The summed E-state index contributed by atoms with van der Waals surface area (Å²) in [5.74, 6) is -0.405. The molecule has 0 saturated heterocycles. The van der Waals surface area contributed by atoms with Crippen LogP contribution in [0.1, 0.15) is 16.1 Å². The third-order valence-electron chi connectivity index (χ3n) is 1.49. The number of carbonyl (C=O) groups is 1. The summed E-state index contributed by atoms with van der Waals surface area (Å²) < 4.78 is 36.4. The molecule has 1 aromatic heterocycles. The Bertz CT molecular complexity index is 354. The van der Waals surface area contributed by atoms with E-state index in [1.165, 1.54) is 6.07 Å². The molecule has 15 heavy (non-hydrogen) atoms. The predicted octanol–water partition coefficient (Wildman–Crippen LogP) is 3.26. The van der Waals surface area contributed by atoms with Gasteiger partial charge < -0.3 is 0 Å². The molecule has 0 spiro atoms. The zero-order chi connectivity index (χ0) is 10.8. The average molecular weight is 349 g/mol. The highest BCUT2D eigenvalue weighted by Crippen LogP contribution is 2.27. The molecule has 0 aliphatic rings. The summed E-state index contributed by atoms with van der Waals surface area (Å²) in [7, 11) is 0. The second-order valence-corrected chi connectivity index (χ2v) is 3.05. The Labute approximate surface area is 103 Å². The maximum atomic E-state index is 12.1. The fraction of sp³-hybridized carbons (Fsp3) is 0.250. The minimum atomic E-state index is -4.51. The molecule has 7 heteroatoms. The van der Waals surface area contributed by atoms with E-state index in [-0.39, 0.29) is 27.9 Å². The van der Waals surface area contributed by atoms with Gasteiger partial charge in [0.25, 0.3) is 0 Å². The molecule has 1 heterocycles. The van der Waals surface area contributed by atoms with Gasteiger partial charge in [0, 0.05) is 11.8 Å². The number of ketones is 1. The Hall–Kier alpha value is -0.430. The normalized spacial score (nSPS) is 10.7. The number of halogens is 5. The van der Waals surface area contributed by atoms with Crippen LogP contribution in [0.3, 0.4) is 0 Å². The standard InChI is InChI=1S/C8H5BrF3NO.BrH/c9-4-6(14)5-1-2-13-7(3-5)8(10,11)12;/h1-3H,4H2;1H. The highest BCUT2D eigenvalue weighted by molar-refractivity contribution is 9.09. The number of alkyl halides is 4. The van der Waals surface area contributed by atoms with Crippen molar-refractivity contribution in [1.29, 1.82) is 0 Å². The Balaban J connectivity index is 0.00000196. The molecule has 1 rings (SSSR count). The molecule has 1 aromatic rings. The van der Waals surface area contributed by atoms with Crippen molar-refractivity contribution in [3.8, 4) is 0 Å². The van der Waals surface area contributed by atoms with Crippen LogP contribution in [0.15, 0.2) is 18.3 Å². The third-order valence-corrected chi connectivity index (χ3v) is 2.00. The van der Waals surface area contributed by atoms with Crippen LogP contribution in [0.2, 0.25) is 0 Å². The van der Waals surface area contributed by atoms with Crippen LogP contribution in [-0.4, -0.2) is 16.1 Å². The number of hydrogen-bond donors (Lipinski definition) is 0. The molecule has 0 N–H and O–H groups in total. The summed E-state index contributed by atoms with van der Waals surface area (Å²) in [5, 5.41) is -0.00564. The zero-order valence-electron chi connectivity index (χ0n) is 7.21. The van der Waals surface area contributed by atoms with Gasteiger partial charge in [0.1, 0.15) is 5.69 Å². The summed E-state index contributed by atoms with van der Waals surface area (Å²) >= 11 is 2.88. The number of nitrogens with zero attached hydrogens (tertiary/aromatic N) is 1. The second-order valence-electron chi connectivity index (χ2n) is 2.48. The molecule has 0 atom stereocenters. The van der Waals surface area contributed by atoms with Crippen molar-refractivity contribution in [2.24, 2.45) is 0 Å². The van der Waals surface area contributed by atoms with Crippen molar-refractivity contribution in [1.82, 2.24) is 4.98 Å². The zero-order valence-corrected chi connectivity index (χ0v) is 10.5. The Morgan fingerprint density at radius 2 is 2.07 bits per heavy atom. The van der Waals surface area contributed by atoms with E-state index in [2.05, 4.69) is 20.9 Å². The highest BCUT2D eigenvalue weighted by atomic mass is 79.9. The second kappa shape index (κ2) is 5.60. The van der Waals surface area contributed by atoms with Crippen molar-refractivity contribution in [3.05, 3.63) is 29.6 Å². The van der Waals surface area contributed by atoms with Crippen molar-refractivity contribution in [3.63, 3.8) is 0 Å². The molecule has 0 aliphatic carbocycles. The lowest BCUT2D eigenvalue weighted by Gasteiger charge is -2.05. The summed E-state index contributed by atoms with van der Waals surface area (Å²) in [5.41, 5.74) is -1.05. The number of carbonyl (C=O) groups excluding carboxylic acids is 1. The SMILES string of the molecule is Br.O=C(CBr)c1ccnc(C(F)(F)F)c1. The molecule has 0 aromatic carbocycles. The molecular weight excluding hydrogens is 343 g/mol. The van der Waals surface area contributed by atoms with E-state index in [0.29, 0.717) is 0 Å². The van der Waals surface area contributed by atoms with Crippen molar-refractivity contribution < 1.29 is 18.0 Å². The van der Waals surface area contributed by atoms with Crippen molar-refractivity contribution >= 4 is 38.7 Å². The molecule has 0 bridgehead atoms. The van der Waals surface area contributed by atoms with Gasteiger partial charge in [-0.15, -0.1) is 17.0 Å². The van der Waals surface area contributed by atoms with Gasteiger partial charge in [-0.25, -0.2) is 0 Å². The van der Waals surface area contributed by atoms with Gasteiger partial charge in [-0.2, -0.15) is 13.2 Å². The van der Waals surface area contributed by atoms with E-state index in [1.54, 1.807) is 0 Å². The summed E-state index contributed by atoms with van der Waals surface area (Å²) in [4.78, 5) is 14.2. The lowest BCUT2D eigenvalue weighted by Crippen LogP contribution is -2.10. The topological polar surface area (TPSA) is 30.0 Å². The molecule has 0 fully saturated rings. The van der Waals surface area contributed by atoms with Crippen LogP contribution in [0.25, 0.3) is 0 Å². The number of pyridine rings is 1. The Morgan fingerprint density at radius 1 is 1.47 bits per heavy atom. The van der Waals surface area contributed by atoms with E-state index < -0.39 is 17.7 Å². The first-order valence-electron chi connectivity index (χ1n) is 3.57. The van der Waals surface area contributed by atoms with E-state index in [0.717, 1.165) is 12.3 Å². The van der Waals surface area contributed by atoms with Gasteiger partial charge in [0.2, 0.25) is 0 Å². The van der Waals surface area contributed by atoms with Crippen LogP contribution < -0.4 is 0 Å². The van der Waals surface area contributed by atoms with Gasteiger partial charge in [-0.3, -0.25) is 9.78 Å². The smallest absolute Gasteiger partial charge is 0.293 e. The molecule has 0 aliphatic heterocycles. The van der Waals surface area contributed by atoms with Crippen LogP contribution in [0.5, 0.6) is 0 Å². The first-order valence-corrected chi connectivity index (χ1v) is 4.69. The lowest BCUT2D eigenvalue weighted by molar-refractivity contribution is -0.141. The Morgan fingerprint density at radius 3 is 2.53 bits per heavy atom. The predicted molar refractivity (Wildman–Crippen MR) is 57.7 cm³/mol.